The lowest BCUT2D eigenvalue weighted by Crippen LogP contribution is -2.59. The molecule has 0 aromatic rings. The summed E-state index contributed by atoms with van der Waals surface area (Å²) in [6.07, 6.45) is 2.92. The fraction of sp³-hybridized carbons (Fsp3) is 0.867. The molecule has 108 valence electrons. The van der Waals surface area contributed by atoms with Crippen LogP contribution in [0.4, 0.5) is 0 Å². The summed E-state index contributed by atoms with van der Waals surface area (Å²) >= 11 is 0. The van der Waals surface area contributed by atoms with Crippen LogP contribution >= 0.6 is 0 Å². The number of nitrogens with zero attached hydrogens (tertiary/aromatic N) is 1. The van der Waals surface area contributed by atoms with Gasteiger partial charge in [-0.15, -0.1) is 0 Å². The molecule has 1 unspecified atom stereocenters. The Morgan fingerprint density at radius 2 is 2.21 bits per heavy atom. The number of likely N-dealkylation sites (tertiary alicyclic amines) is 1. The number of carbonyl (C=O) groups is 2. The van der Waals surface area contributed by atoms with Gasteiger partial charge in [-0.05, 0) is 39.2 Å². The number of hydrogen-bond acceptors (Lipinski definition) is 4. The van der Waals surface area contributed by atoms with Crippen LogP contribution < -0.4 is 0 Å². The van der Waals surface area contributed by atoms with E-state index in [1.807, 2.05) is 6.92 Å². The van der Waals surface area contributed by atoms with Gasteiger partial charge < -0.3 is 4.74 Å². The third-order valence-electron chi connectivity index (χ3n) is 4.89. The highest BCUT2D eigenvalue weighted by molar-refractivity contribution is 5.83. The smallest absolute Gasteiger partial charge is 0.306 e. The molecule has 1 saturated carbocycles. The van der Waals surface area contributed by atoms with Crippen LogP contribution in [-0.4, -0.2) is 41.9 Å². The van der Waals surface area contributed by atoms with Crippen LogP contribution in [0.3, 0.4) is 0 Å². The predicted octanol–water partition coefficient (Wildman–Crippen LogP) is 2.02. The highest BCUT2D eigenvalue weighted by Crippen LogP contribution is 2.44. The number of rotatable bonds is 4. The molecule has 1 aliphatic heterocycles. The fourth-order valence-electron chi connectivity index (χ4n) is 3.77. The minimum atomic E-state index is -0.162. The molecule has 1 heterocycles. The first-order valence-corrected chi connectivity index (χ1v) is 7.43. The molecule has 4 heteroatoms. The van der Waals surface area contributed by atoms with E-state index in [-0.39, 0.29) is 23.3 Å². The summed E-state index contributed by atoms with van der Waals surface area (Å²) < 4.78 is 5.04. The molecule has 0 aromatic carbocycles. The van der Waals surface area contributed by atoms with Crippen molar-refractivity contribution in [1.29, 1.82) is 0 Å². The third kappa shape index (κ3) is 2.83. The van der Waals surface area contributed by atoms with E-state index >= 15 is 0 Å². The molecule has 1 aliphatic carbocycles. The lowest BCUT2D eigenvalue weighted by molar-refractivity contribution is -0.149. The summed E-state index contributed by atoms with van der Waals surface area (Å²) in [5, 5.41) is 0. The highest BCUT2D eigenvalue weighted by atomic mass is 16.5. The van der Waals surface area contributed by atoms with E-state index in [1.165, 1.54) is 0 Å². The van der Waals surface area contributed by atoms with E-state index in [0.717, 1.165) is 25.9 Å². The largest absolute Gasteiger partial charge is 0.466 e. The van der Waals surface area contributed by atoms with Crippen molar-refractivity contribution >= 4 is 11.8 Å². The van der Waals surface area contributed by atoms with E-state index in [0.29, 0.717) is 25.2 Å². The average molecular weight is 267 g/mol. The van der Waals surface area contributed by atoms with Crippen LogP contribution in [0.15, 0.2) is 0 Å². The van der Waals surface area contributed by atoms with Gasteiger partial charge in [0.2, 0.25) is 0 Å². The summed E-state index contributed by atoms with van der Waals surface area (Å²) in [6.45, 7) is 8.48. The van der Waals surface area contributed by atoms with Crippen molar-refractivity contribution < 1.29 is 14.3 Å². The Morgan fingerprint density at radius 1 is 1.47 bits per heavy atom. The van der Waals surface area contributed by atoms with Gasteiger partial charge in [0, 0.05) is 24.4 Å². The quantitative estimate of drug-likeness (QED) is 0.731. The summed E-state index contributed by atoms with van der Waals surface area (Å²) in [4.78, 5) is 26.3. The maximum atomic E-state index is 12.1. The molecule has 2 fully saturated rings. The molecule has 1 saturated heterocycles. The first kappa shape index (κ1) is 14.5. The van der Waals surface area contributed by atoms with Crippen molar-refractivity contribution in [3.63, 3.8) is 0 Å². The molecule has 0 N–H and O–H groups in total. The highest BCUT2D eigenvalue weighted by Gasteiger charge is 2.48. The molecular formula is C15H25NO3. The van der Waals surface area contributed by atoms with Crippen LogP contribution in [0.25, 0.3) is 0 Å². The normalized spacial score (nSPS) is 35.2. The van der Waals surface area contributed by atoms with Gasteiger partial charge in [-0.3, -0.25) is 14.5 Å². The Balaban J connectivity index is 2.11. The zero-order chi connectivity index (χ0) is 14.0. The molecule has 2 bridgehead atoms. The molecule has 2 rings (SSSR count). The van der Waals surface area contributed by atoms with Crippen LogP contribution in [0, 0.1) is 11.8 Å². The maximum absolute atomic E-state index is 12.1. The van der Waals surface area contributed by atoms with Crippen molar-refractivity contribution in [2.45, 2.75) is 52.0 Å². The molecule has 0 amide bonds. The van der Waals surface area contributed by atoms with Crippen molar-refractivity contribution in [2.24, 2.45) is 11.8 Å². The first-order chi connectivity index (χ1) is 9.00. The Hall–Kier alpha value is -0.900. The summed E-state index contributed by atoms with van der Waals surface area (Å²) in [6, 6.07) is 0. The second-order valence-corrected chi connectivity index (χ2v) is 6.08. The molecule has 4 nitrogen and oxygen atoms in total. The Labute approximate surface area is 115 Å². The minimum absolute atomic E-state index is 0.0611. The topological polar surface area (TPSA) is 46.6 Å². The van der Waals surface area contributed by atoms with Gasteiger partial charge in [0.05, 0.1) is 13.0 Å². The van der Waals surface area contributed by atoms with Gasteiger partial charge in [-0.2, -0.15) is 0 Å². The third-order valence-corrected chi connectivity index (χ3v) is 4.89. The van der Waals surface area contributed by atoms with Crippen molar-refractivity contribution in [3.05, 3.63) is 0 Å². The lowest BCUT2D eigenvalue weighted by atomic mass is 9.66. The van der Waals surface area contributed by atoms with Gasteiger partial charge in [0.25, 0.3) is 0 Å². The molecule has 0 aromatic heterocycles. The number of esters is 1. The second-order valence-electron chi connectivity index (χ2n) is 6.08. The number of Topliss-reactive ketones (excluding diaryl/α,β-unsaturated/α-hetero) is 1. The van der Waals surface area contributed by atoms with Crippen LogP contribution in [-0.2, 0) is 14.3 Å². The summed E-state index contributed by atoms with van der Waals surface area (Å²) in [5.74, 6) is 0.388. The lowest BCUT2D eigenvalue weighted by Gasteiger charge is -2.53. The number of carbonyl (C=O) groups excluding carboxylic acids is 2. The number of piperidine rings is 1. The first-order valence-electron chi connectivity index (χ1n) is 7.43. The van der Waals surface area contributed by atoms with Crippen LogP contribution in [0.5, 0.6) is 0 Å². The van der Waals surface area contributed by atoms with E-state index in [1.54, 1.807) is 0 Å². The van der Waals surface area contributed by atoms with Gasteiger partial charge >= 0.3 is 5.97 Å². The molecule has 0 spiro atoms. The van der Waals surface area contributed by atoms with Gasteiger partial charge in [0.1, 0.15) is 5.78 Å². The molecule has 3 atom stereocenters. The fourth-order valence-corrected chi connectivity index (χ4v) is 3.77. The standard InChI is InChI=1S/C15H25NO3/c1-4-16-10-11(8-14(18)19-5-2)12-9-15(16,3)7-6-13(12)17/h11-12H,4-10H2,1-3H3/t11-,12?,15-/m1/s1. The number of hydrogen-bond donors (Lipinski definition) is 0. The summed E-state index contributed by atoms with van der Waals surface area (Å²) in [7, 11) is 0. The molecule has 0 radical (unpaired) electrons. The average Bonchev–Trinajstić information content (AvgIpc) is 2.37. The number of ketones is 1. The maximum Gasteiger partial charge on any atom is 0.306 e. The van der Waals surface area contributed by atoms with Crippen LogP contribution in [0.1, 0.15) is 46.5 Å². The van der Waals surface area contributed by atoms with Gasteiger partial charge in [-0.1, -0.05) is 6.92 Å². The van der Waals surface area contributed by atoms with E-state index in [9.17, 15) is 9.59 Å². The predicted molar refractivity (Wildman–Crippen MR) is 72.7 cm³/mol. The molecular weight excluding hydrogens is 242 g/mol. The van der Waals surface area contributed by atoms with E-state index < -0.39 is 0 Å². The molecule has 19 heavy (non-hydrogen) atoms. The van der Waals surface area contributed by atoms with Crippen molar-refractivity contribution in [3.8, 4) is 0 Å². The second kappa shape index (κ2) is 5.61. The monoisotopic (exact) mass is 267 g/mol. The Bertz CT molecular complexity index is 368. The Morgan fingerprint density at radius 3 is 2.84 bits per heavy atom. The molecule has 2 aliphatic rings. The van der Waals surface area contributed by atoms with E-state index in [2.05, 4.69) is 18.7 Å². The zero-order valence-corrected chi connectivity index (χ0v) is 12.3. The Kier molecular flexibility index (Phi) is 4.29. The van der Waals surface area contributed by atoms with Crippen molar-refractivity contribution in [1.82, 2.24) is 4.90 Å². The van der Waals surface area contributed by atoms with Crippen LogP contribution in [0.2, 0.25) is 0 Å². The zero-order valence-electron chi connectivity index (χ0n) is 12.3. The van der Waals surface area contributed by atoms with Crippen molar-refractivity contribution in [2.75, 3.05) is 19.7 Å². The van der Waals surface area contributed by atoms with Gasteiger partial charge in [-0.25, -0.2) is 0 Å². The van der Waals surface area contributed by atoms with E-state index in [4.69, 9.17) is 4.74 Å². The summed E-state index contributed by atoms with van der Waals surface area (Å²) in [5.41, 5.74) is 0.151. The van der Waals surface area contributed by atoms with Gasteiger partial charge in [0.15, 0.2) is 0 Å². The minimum Gasteiger partial charge on any atom is -0.466 e. The number of ether oxygens (including phenoxy) is 1. The SMILES string of the molecule is CCOC(=O)C[C@@H]1CN(CC)[C@]2(C)CCC(=O)C1C2. The number of fused-ring (bicyclic) bond motifs is 2.